The number of amides is 2. The Balaban J connectivity index is 1.87. The number of rotatable bonds is 6. The zero-order chi connectivity index (χ0) is 21.7. The van der Waals surface area contributed by atoms with Gasteiger partial charge in [-0.15, -0.1) is 0 Å². The molecule has 1 N–H and O–H groups in total. The molecular formula is C23H29ClN2O4. The van der Waals surface area contributed by atoms with Crippen molar-refractivity contribution in [1.82, 2.24) is 10.2 Å². The molecule has 2 aliphatic rings. The molecule has 1 heterocycles. The van der Waals surface area contributed by atoms with Crippen molar-refractivity contribution in [3.63, 3.8) is 0 Å². The second-order valence-electron chi connectivity index (χ2n) is 7.88. The Kier molecular flexibility index (Phi) is 7.53. The van der Waals surface area contributed by atoms with E-state index in [4.69, 9.17) is 16.3 Å². The van der Waals surface area contributed by atoms with Crippen molar-refractivity contribution in [2.24, 2.45) is 0 Å². The Morgan fingerprint density at radius 1 is 1.20 bits per heavy atom. The first-order valence-corrected chi connectivity index (χ1v) is 11.0. The molecule has 0 radical (unpaired) electrons. The van der Waals surface area contributed by atoms with Crippen LogP contribution in [0, 0.1) is 0 Å². The topological polar surface area (TPSA) is 75.7 Å². The molecule has 1 aromatic carbocycles. The van der Waals surface area contributed by atoms with Gasteiger partial charge < -0.3 is 15.0 Å². The van der Waals surface area contributed by atoms with Crippen LogP contribution in [0.4, 0.5) is 0 Å². The van der Waals surface area contributed by atoms with Crippen molar-refractivity contribution in [3.05, 3.63) is 46.1 Å². The lowest BCUT2D eigenvalue weighted by molar-refractivity contribution is -0.141. The van der Waals surface area contributed by atoms with Gasteiger partial charge in [0, 0.05) is 29.1 Å². The summed E-state index contributed by atoms with van der Waals surface area (Å²) in [4.78, 5) is 39.8. The number of halogens is 1. The quantitative estimate of drug-likeness (QED) is 0.691. The molecular weight excluding hydrogens is 404 g/mol. The van der Waals surface area contributed by atoms with Crippen LogP contribution < -0.4 is 5.32 Å². The zero-order valence-corrected chi connectivity index (χ0v) is 18.3. The fourth-order valence-corrected chi connectivity index (χ4v) is 4.63. The highest BCUT2D eigenvalue weighted by Gasteiger charge is 2.38. The van der Waals surface area contributed by atoms with Gasteiger partial charge in [0.1, 0.15) is 6.54 Å². The number of benzene rings is 1. The largest absolute Gasteiger partial charge is 0.463 e. The van der Waals surface area contributed by atoms with E-state index in [0.717, 1.165) is 25.7 Å². The molecule has 0 saturated heterocycles. The van der Waals surface area contributed by atoms with Gasteiger partial charge in [-0.1, -0.05) is 49.1 Å². The molecule has 1 aromatic rings. The maximum absolute atomic E-state index is 13.0. The first-order valence-electron chi connectivity index (χ1n) is 10.6. The molecule has 1 fully saturated rings. The van der Waals surface area contributed by atoms with Crippen LogP contribution in [-0.2, 0) is 19.1 Å². The van der Waals surface area contributed by atoms with Crippen LogP contribution in [0.5, 0.6) is 0 Å². The predicted molar refractivity (Wildman–Crippen MR) is 115 cm³/mol. The molecule has 1 saturated carbocycles. The number of hydrogen-bond acceptors (Lipinski definition) is 4. The molecule has 1 atom stereocenters. The molecule has 3 rings (SSSR count). The van der Waals surface area contributed by atoms with Crippen molar-refractivity contribution in [2.45, 2.75) is 64.3 Å². The fraction of sp³-hybridized carbons (Fsp3) is 0.522. The highest BCUT2D eigenvalue weighted by molar-refractivity contribution is 6.31. The third kappa shape index (κ3) is 5.04. The Morgan fingerprint density at radius 2 is 1.90 bits per heavy atom. The van der Waals surface area contributed by atoms with Gasteiger partial charge in [0.2, 0.25) is 11.8 Å². The Morgan fingerprint density at radius 3 is 2.57 bits per heavy atom. The number of nitrogens with zero attached hydrogens (tertiary/aromatic N) is 1. The van der Waals surface area contributed by atoms with Crippen LogP contribution in [0.3, 0.4) is 0 Å². The summed E-state index contributed by atoms with van der Waals surface area (Å²) in [5.74, 6) is -1.38. The molecule has 0 bridgehead atoms. The second kappa shape index (κ2) is 10.1. The monoisotopic (exact) mass is 432 g/mol. The standard InChI is InChI=1S/C23H29ClN2O4/c1-3-30-23(29)22-15(2)26(14-20(27)25-16-9-5-4-6-10-16)21(28)13-18(22)17-11-7-8-12-19(17)24/h7-8,11-12,16,18H,3-6,9-10,13-14H2,1-2H3,(H,25,27). The van der Waals surface area contributed by atoms with Gasteiger partial charge in [0.15, 0.2) is 0 Å². The molecule has 2 amide bonds. The maximum atomic E-state index is 13.0. The average Bonchev–Trinajstić information content (AvgIpc) is 2.72. The number of carbonyl (C=O) groups excluding carboxylic acids is 3. The molecule has 0 aromatic heterocycles. The Bertz CT molecular complexity index is 845. The summed E-state index contributed by atoms with van der Waals surface area (Å²) in [6.07, 6.45) is 5.42. The number of nitrogens with one attached hydrogen (secondary N) is 1. The number of carbonyl (C=O) groups is 3. The van der Waals surface area contributed by atoms with E-state index < -0.39 is 11.9 Å². The van der Waals surface area contributed by atoms with Gasteiger partial charge in [0.05, 0.1) is 12.2 Å². The fourth-order valence-electron chi connectivity index (χ4n) is 4.36. The summed E-state index contributed by atoms with van der Waals surface area (Å²) in [7, 11) is 0. The third-order valence-corrected chi connectivity index (χ3v) is 6.22. The minimum absolute atomic E-state index is 0.0614. The lowest BCUT2D eigenvalue weighted by Crippen LogP contribution is -2.46. The summed E-state index contributed by atoms with van der Waals surface area (Å²) in [5, 5.41) is 3.53. The maximum Gasteiger partial charge on any atom is 0.336 e. The summed E-state index contributed by atoms with van der Waals surface area (Å²) >= 11 is 6.37. The van der Waals surface area contributed by atoms with Crippen LogP contribution in [0.2, 0.25) is 5.02 Å². The highest BCUT2D eigenvalue weighted by atomic mass is 35.5. The van der Waals surface area contributed by atoms with E-state index in [9.17, 15) is 14.4 Å². The van der Waals surface area contributed by atoms with E-state index in [1.807, 2.05) is 12.1 Å². The molecule has 1 aliphatic heterocycles. The Hall–Kier alpha value is -2.34. The Labute approximate surface area is 182 Å². The van der Waals surface area contributed by atoms with E-state index in [1.54, 1.807) is 26.0 Å². The third-order valence-electron chi connectivity index (χ3n) is 5.87. The summed E-state index contributed by atoms with van der Waals surface area (Å²) < 4.78 is 5.28. The average molecular weight is 433 g/mol. The predicted octanol–water partition coefficient (Wildman–Crippen LogP) is 3.94. The van der Waals surface area contributed by atoms with Gasteiger partial charge in [-0.25, -0.2) is 4.79 Å². The van der Waals surface area contributed by atoms with Crippen molar-refractivity contribution in [2.75, 3.05) is 13.2 Å². The molecule has 0 spiro atoms. The lowest BCUT2D eigenvalue weighted by atomic mass is 9.83. The molecule has 1 unspecified atom stereocenters. The van der Waals surface area contributed by atoms with Gasteiger partial charge >= 0.3 is 5.97 Å². The molecule has 30 heavy (non-hydrogen) atoms. The van der Waals surface area contributed by atoms with Crippen molar-refractivity contribution < 1.29 is 19.1 Å². The van der Waals surface area contributed by atoms with E-state index >= 15 is 0 Å². The normalized spacial score (nSPS) is 20.3. The molecule has 7 heteroatoms. The number of hydrogen-bond donors (Lipinski definition) is 1. The van der Waals surface area contributed by atoms with Gasteiger partial charge in [-0.2, -0.15) is 0 Å². The van der Waals surface area contributed by atoms with E-state index in [-0.39, 0.29) is 37.4 Å². The summed E-state index contributed by atoms with van der Waals surface area (Å²) in [6, 6.07) is 7.35. The second-order valence-corrected chi connectivity index (χ2v) is 8.29. The van der Waals surface area contributed by atoms with E-state index in [1.165, 1.54) is 11.3 Å². The minimum atomic E-state index is -0.497. The molecule has 162 valence electrons. The van der Waals surface area contributed by atoms with Crippen molar-refractivity contribution in [1.29, 1.82) is 0 Å². The first kappa shape index (κ1) is 22.3. The minimum Gasteiger partial charge on any atom is -0.463 e. The molecule has 1 aliphatic carbocycles. The van der Waals surface area contributed by atoms with Crippen LogP contribution in [0.1, 0.15) is 63.9 Å². The van der Waals surface area contributed by atoms with Crippen LogP contribution in [-0.4, -0.2) is 41.9 Å². The zero-order valence-electron chi connectivity index (χ0n) is 17.6. The van der Waals surface area contributed by atoms with Crippen LogP contribution >= 0.6 is 11.6 Å². The highest BCUT2D eigenvalue weighted by Crippen LogP contribution is 2.39. The van der Waals surface area contributed by atoms with Crippen LogP contribution in [0.25, 0.3) is 0 Å². The smallest absolute Gasteiger partial charge is 0.336 e. The van der Waals surface area contributed by atoms with Crippen LogP contribution in [0.15, 0.2) is 35.5 Å². The van der Waals surface area contributed by atoms with E-state index in [2.05, 4.69) is 5.32 Å². The van der Waals surface area contributed by atoms with Crippen molar-refractivity contribution in [3.8, 4) is 0 Å². The number of ether oxygens (including phenoxy) is 1. The van der Waals surface area contributed by atoms with Gasteiger partial charge in [0.25, 0.3) is 0 Å². The number of allylic oxidation sites excluding steroid dienone is 1. The first-order chi connectivity index (χ1) is 14.4. The van der Waals surface area contributed by atoms with Gasteiger partial charge in [-0.3, -0.25) is 9.59 Å². The summed E-state index contributed by atoms with van der Waals surface area (Å²) in [6.45, 7) is 3.56. The molecule has 6 nitrogen and oxygen atoms in total. The lowest BCUT2D eigenvalue weighted by Gasteiger charge is -2.34. The van der Waals surface area contributed by atoms with Gasteiger partial charge in [-0.05, 0) is 38.3 Å². The summed E-state index contributed by atoms with van der Waals surface area (Å²) in [5.41, 5.74) is 1.55. The SMILES string of the molecule is CCOC(=O)C1=C(C)N(CC(=O)NC2CCCCC2)C(=O)CC1c1ccccc1Cl. The van der Waals surface area contributed by atoms with Crippen molar-refractivity contribution >= 4 is 29.4 Å². The van der Waals surface area contributed by atoms with E-state index in [0.29, 0.717) is 21.9 Å². The number of esters is 1.